The van der Waals surface area contributed by atoms with Crippen molar-refractivity contribution in [3.8, 4) is 22.9 Å². The zero-order valence-corrected chi connectivity index (χ0v) is 34.0. The molecule has 2 atom stereocenters. The van der Waals surface area contributed by atoms with Crippen molar-refractivity contribution in [2.75, 3.05) is 50.2 Å². The highest BCUT2D eigenvalue weighted by atomic mass is 35.5. The summed E-state index contributed by atoms with van der Waals surface area (Å²) in [5, 5.41) is 26.0. The van der Waals surface area contributed by atoms with Gasteiger partial charge in [0, 0.05) is 47.6 Å². The number of carbonyl (C=O) groups is 2. The molecule has 2 aliphatic rings. The molecular formula is C41H47Cl3N6O6. The Balaban J connectivity index is 1.21. The van der Waals surface area contributed by atoms with Crippen molar-refractivity contribution >= 4 is 58.0 Å². The topological polar surface area (TPSA) is 149 Å². The molecule has 0 unspecified atom stereocenters. The Morgan fingerprint density at radius 1 is 0.750 bits per heavy atom. The first-order valence-corrected chi connectivity index (χ1v) is 20.0. The third-order valence-corrected chi connectivity index (χ3v) is 11.3. The van der Waals surface area contributed by atoms with E-state index in [0.29, 0.717) is 55.0 Å². The lowest BCUT2D eigenvalue weighted by Gasteiger charge is -2.24. The van der Waals surface area contributed by atoms with E-state index in [1.54, 1.807) is 36.4 Å². The van der Waals surface area contributed by atoms with E-state index in [0.717, 1.165) is 61.0 Å². The molecule has 2 amide bonds. The summed E-state index contributed by atoms with van der Waals surface area (Å²) >= 11 is 20.3. The van der Waals surface area contributed by atoms with Gasteiger partial charge in [0.1, 0.15) is 0 Å². The second-order valence-electron chi connectivity index (χ2n) is 13.9. The molecule has 12 nitrogen and oxygen atoms in total. The van der Waals surface area contributed by atoms with Crippen LogP contribution in [0.1, 0.15) is 77.2 Å². The third-order valence-electron chi connectivity index (χ3n) is 10.3. The second kappa shape index (κ2) is 19.0. The van der Waals surface area contributed by atoms with E-state index < -0.39 is 11.8 Å². The van der Waals surface area contributed by atoms with Crippen molar-refractivity contribution in [3.05, 3.63) is 91.7 Å². The lowest BCUT2D eigenvalue weighted by atomic mass is 9.98. The highest BCUT2D eigenvalue weighted by Gasteiger charge is 2.28. The van der Waals surface area contributed by atoms with Gasteiger partial charge in [0.25, 0.3) is 11.8 Å². The summed E-state index contributed by atoms with van der Waals surface area (Å²) in [6, 6.07) is 14.2. The summed E-state index contributed by atoms with van der Waals surface area (Å²) < 4.78 is 11.7. The predicted octanol–water partition coefficient (Wildman–Crippen LogP) is 7.63. The number of aliphatic hydroxyl groups excluding tert-OH is 2. The fraction of sp³-hybridized carbons (Fsp3) is 0.415. The van der Waals surface area contributed by atoms with Crippen LogP contribution in [0.4, 0.5) is 11.4 Å². The number of anilines is 2. The molecule has 4 N–H and O–H groups in total. The number of halogens is 3. The van der Waals surface area contributed by atoms with Gasteiger partial charge in [0.05, 0.1) is 47.2 Å². The first-order chi connectivity index (χ1) is 27.1. The molecule has 2 aromatic carbocycles. The van der Waals surface area contributed by atoms with Crippen LogP contribution in [0.25, 0.3) is 11.1 Å². The van der Waals surface area contributed by atoms with E-state index in [1.165, 1.54) is 0 Å². The van der Waals surface area contributed by atoms with Gasteiger partial charge in [-0.2, -0.15) is 0 Å². The number of aliphatic hydroxyl groups is 2. The predicted molar refractivity (Wildman–Crippen MR) is 219 cm³/mol. The van der Waals surface area contributed by atoms with Gasteiger partial charge in [-0.15, -0.1) is 0 Å². The smallest absolute Gasteiger partial charge is 0.276 e. The van der Waals surface area contributed by atoms with Gasteiger partial charge in [0.2, 0.25) is 11.8 Å². The largest absolute Gasteiger partial charge is 0.478 e. The maximum absolute atomic E-state index is 13.7. The highest BCUT2D eigenvalue weighted by molar-refractivity contribution is 6.37. The summed E-state index contributed by atoms with van der Waals surface area (Å²) in [6.45, 7) is 9.01. The van der Waals surface area contributed by atoms with Crippen LogP contribution in [0.2, 0.25) is 15.1 Å². The number of carbonyl (C=O) groups excluding carboxylic acids is 2. The molecule has 2 aliphatic heterocycles. The van der Waals surface area contributed by atoms with E-state index >= 15 is 0 Å². The second-order valence-corrected chi connectivity index (χ2v) is 15.1. The number of benzene rings is 2. The quantitative estimate of drug-likeness (QED) is 0.0943. The van der Waals surface area contributed by atoms with Crippen molar-refractivity contribution in [3.63, 3.8) is 0 Å². The molecule has 0 aliphatic carbocycles. The van der Waals surface area contributed by atoms with Crippen LogP contribution >= 0.6 is 34.8 Å². The average molecular weight is 826 g/mol. The Morgan fingerprint density at radius 3 is 1.70 bits per heavy atom. The Labute approximate surface area is 342 Å². The first kappa shape index (κ1) is 41.6. The number of likely N-dealkylation sites (tertiary alicyclic amines) is 2. The van der Waals surface area contributed by atoms with Crippen LogP contribution in [0.5, 0.6) is 11.8 Å². The number of nitrogens with one attached hydrogen (secondary N) is 2. The normalized spacial score (nSPS) is 17.3. The number of hydrogen-bond acceptors (Lipinski definition) is 10. The van der Waals surface area contributed by atoms with E-state index in [2.05, 4.69) is 30.4 Å². The summed E-state index contributed by atoms with van der Waals surface area (Å²) in [5.74, 6) is -0.453. The van der Waals surface area contributed by atoms with Crippen LogP contribution in [0, 0.1) is 6.92 Å². The Kier molecular flexibility index (Phi) is 14.1. The van der Waals surface area contributed by atoms with Gasteiger partial charge in [-0.25, -0.2) is 9.97 Å². The van der Waals surface area contributed by atoms with E-state index in [-0.39, 0.29) is 51.8 Å². The number of ether oxygens (including phenoxy) is 2. The van der Waals surface area contributed by atoms with E-state index in [4.69, 9.17) is 44.3 Å². The molecule has 298 valence electrons. The van der Waals surface area contributed by atoms with Crippen molar-refractivity contribution in [1.29, 1.82) is 0 Å². The fourth-order valence-electron chi connectivity index (χ4n) is 7.41. The number of pyridine rings is 2. The minimum atomic E-state index is -0.566. The lowest BCUT2D eigenvalue weighted by Crippen LogP contribution is -2.32. The van der Waals surface area contributed by atoms with Gasteiger partial charge in [-0.3, -0.25) is 19.4 Å². The Bertz CT molecular complexity index is 1920. The molecule has 4 aromatic rings. The molecule has 0 spiro atoms. The molecule has 0 saturated carbocycles. The van der Waals surface area contributed by atoms with Gasteiger partial charge in [0.15, 0.2) is 11.4 Å². The fourth-order valence-corrected chi connectivity index (χ4v) is 8.20. The average Bonchev–Trinajstić information content (AvgIpc) is 3.84. The van der Waals surface area contributed by atoms with Gasteiger partial charge in [-0.1, -0.05) is 59.1 Å². The molecular weight excluding hydrogens is 779 g/mol. The Hall–Kier alpha value is -4.01. The number of amides is 2. The van der Waals surface area contributed by atoms with Gasteiger partial charge in [-0.05, 0) is 94.9 Å². The summed E-state index contributed by atoms with van der Waals surface area (Å²) in [4.78, 5) is 40.7. The molecule has 56 heavy (non-hydrogen) atoms. The lowest BCUT2D eigenvalue weighted by molar-refractivity contribution is 0.101. The molecule has 2 aromatic heterocycles. The maximum Gasteiger partial charge on any atom is 0.276 e. The zero-order valence-electron chi connectivity index (χ0n) is 31.7. The van der Waals surface area contributed by atoms with Crippen LogP contribution in [0.3, 0.4) is 0 Å². The van der Waals surface area contributed by atoms with Crippen LogP contribution in [-0.2, 0) is 13.1 Å². The van der Waals surface area contributed by atoms with E-state index in [1.807, 2.05) is 32.9 Å². The monoisotopic (exact) mass is 824 g/mol. The first-order valence-electron chi connectivity index (χ1n) is 18.9. The van der Waals surface area contributed by atoms with Crippen LogP contribution < -0.4 is 20.1 Å². The molecule has 2 saturated heterocycles. The van der Waals surface area contributed by atoms with Gasteiger partial charge >= 0.3 is 0 Å². The van der Waals surface area contributed by atoms with Crippen molar-refractivity contribution in [2.24, 2.45) is 0 Å². The highest BCUT2D eigenvalue weighted by Crippen LogP contribution is 2.38. The number of hydrogen-bond donors (Lipinski definition) is 4. The van der Waals surface area contributed by atoms with Crippen molar-refractivity contribution in [1.82, 2.24) is 19.8 Å². The summed E-state index contributed by atoms with van der Waals surface area (Å²) in [7, 11) is 0. The molecule has 2 fully saturated rings. The molecule has 15 heteroatoms. The summed E-state index contributed by atoms with van der Waals surface area (Å²) in [6.07, 6.45) is 3.79. The molecule has 0 bridgehead atoms. The number of nitrogens with zero attached hydrogens (tertiary/aromatic N) is 4. The van der Waals surface area contributed by atoms with Gasteiger partial charge < -0.3 is 30.3 Å². The standard InChI is InChI=1S/C41H47Cl3N6O6/c1-4-55-40-25(20-49-16-8-10-27(49)22-51)18-31(42)36(47-40)38(53)45-33-14-6-12-29(24(33)3)30-13-7-15-34(35(30)44)46-39(54)37-32(43)19-26(41(48-37)56-5-2)21-50-17-9-11-28(50)23-52/h6-7,12-15,18-19,27-28,51-52H,4-5,8-11,16-17,20-23H2,1-3H3,(H,45,53)(H,46,54)/t27-,28-/m1/s1. The zero-order chi connectivity index (χ0) is 39.9. The van der Waals surface area contributed by atoms with Crippen LogP contribution in [-0.4, -0.2) is 93.4 Å². The van der Waals surface area contributed by atoms with Crippen molar-refractivity contribution in [2.45, 2.75) is 71.6 Å². The molecule has 4 heterocycles. The summed E-state index contributed by atoms with van der Waals surface area (Å²) in [5.41, 5.74) is 4.39. The molecule has 6 rings (SSSR count). The number of rotatable bonds is 15. The Morgan fingerprint density at radius 2 is 1.21 bits per heavy atom. The maximum atomic E-state index is 13.7. The number of aromatic nitrogens is 2. The third kappa shape index (κ3) is 9.23. The van der Waals surface area contributed by atoms with Crippen LogP contribution in [0.15, 0.2) is 48.5 Å². The van der Waals surface area contributed by atoms with E-state index in [9.17, 15) is 19.8 Å². The van der Waals surface area contributed by atoms with Crippen molar-refractivity contribution < 1.29 is 29.3 Å². The SMILES string of the molecule is CCOc1nc(C(=O)Nc2cccc(-c3cccc(NC(=O)c4nc(OCC)c(CN5CCC[C@@H]5CO)cc4Cl)c3Cl)c2C)c(Cl)cc1CN1CCC[C@@H]1CO. The molecule has 0 radical (unpaired) electrons. The minimum absolute atomic E-state index is 0.0143. The minimum Gasteiger partial charge on any atom is -0.478 e.